The zero-order chi connectivity index (χ0) is 14.1. The molecule has 21 heavy (non-hydrogen) atoms. The molecule has 4 rings (SSSR count). The lowest BCUT2D eigenvalue weighted by atomic mass is 10.2. The molecule has 1 saturated heterocycles. The lowest BCUT2D eigenvalue weighted by Crippen LogP contribution is -2.36. The molecule has 3 aromatic rings. The topological polar surface area (TPSA) is 55.5 Å². The van der Waals surface area contributed by atoms with E-state index in [1.165, 1.54) is 0 Å². The van der Waals surface area contributed by atoms with Crippen molar-refractivity contribution in [2.24, 2.45) is 0 Å². The van der Waals surface area contributed by atoms with Gasteiger partial charge in [-0.1, -0.05) is 41.7 Å². The van der Waals surface area contributed by atoms with Gasteiger partial charge in [-0.05, 0) is 0 Å². The molecule has 0 bridgehead atoms. The van der Waals surface area contributed by atoms with Gasteiger partial charge in [-0.25, -0.2) is 0 Å². The van der Waals surface area contributed by atoms with Gasteiger partial charge in [0.25, 0.3) is 0 Å². The summed E-state index contributed by atoms with van der Waals surface area (Å²) in [5, 5.41) is 14.1. The Morgan fingerprint density at radius 1 is 1.10 bits per heavy atom. The summed E-state index contributed by atoms with van der Waals surface area (Å²) in [5.41, 5.74) is 1.12. The third-order valence-corrected chi connectivity index (χ3v) is 4.49. The summed E-state index contributed by atoms with van der Waals surface area (Å²) in [7, 11) is 0. The quantitative estimate of drug-likeness (QED) is 0.737. The highest BCUT2D eigenvalue weighted by Gasteiger charge is 2.17. The van der Waals surface area contributed by atoms with E-state index in [1.807, 2.05) is 22.7 Å². The van der Waals surface area contributed by atoms with E-state index in [-0.39, 0.29) is 0 Å². The standard InChI is InChI=1S/C14H15N5OS/c1-2-4-11(5-3-1)13-17-19-12(15-16-14(19)21-13)10-18-6-8-20-9-7-18/h1-5H,6-10H2. The second-order valence-corrected chi connectivity index (χ2v) is 5.93. The molecule has 0 unspecified atom stereocenters. The molecule has 0 amide bonds. The van der Waals surface area contributed by atoms with Gasteiger partial charge in [0.05, 0.1) is 19.8 Å². The van der Waals surface area contributed by atoms with E-state index in [2.05, 4.69) is 32.3 Å². The van der Waals surface area contributed by atoms with Crippen LogP contribution >= 0.6 is 11.3 Å². The third-order valence-electron chi connectivity index (χ3n) is 3.54. The molecule has 1 aromatic carbocycles. The number of hydrogen-bond donors (Lipinski definition) is 0. The van der Waals surface area contributed by atoms with E-state index in [1.54, 1.807) is 11.3 Å². The molecule has 3 heterocycles. The molecule has 0 radical (unpaired) electrons. The number of hydrogen-bond acceptors (Lipinski definition) is 6. The molecule has 7 heteroatoms. The van der Waals surface area contributed by atoms with Gasteiger partial charge < -0.3 is 4.74 Å². The predicted molar refractivity (Wildman–Crippen MR) is 80.2 cm³/mol. The van der Waals surface area contributed by atoms with Gasteiger partial charge >= 0.3 is 0 Å². The fourth-order valence-corrected chi connectivity index (χ4v) is 3.28. The van der Waals surface area contributed by atoms with Crippen LogP contribution in [-0.2, 0) is 11.3 Å². The summed E-state index contributed by atoms with van der Waals surface area (Å²) in [4.78, 5) is 3.17. The summed E-state index contributed by atoms with van der Waals surface area (Å²) in [6.07, 6.45) is 0. The average molecular weight is 301 g/mol. The maximum Gasteiger partial charge on any atom is 0.235 e. The molecule has 6 nitrogen and oxygen atoms in total. The van der Waals surface area contributed by atoms with Gasteiger partial charge in [0.15, 0.2) is 5.82 Å². The van der Waals surface area contributed by atoms with Crippen LogP contribution in [0.2, 0.25) is 0 Å². The minimum atomic E-state index is 0.766. The first-order chi connectivity index (χ1) is 10.4. The zero-order valence-electron chi connectivity index (χ0n) is 11.5. The highest BCUT2D eigenvalue weighted by atomic mass is 32.1. The van der Waals surface area contributed by atoms with Gasteiger partial charge in [-0.15, -0.1) is 10.2 Å². The lowest BCUT2D eigenvalue weighted by molar-refractivity contribution is 0.0328. The van der Waals surface area contributed by atoms with E-state index in [9.17, 15) is 0 Å². The van der Waals surface area contributed by atoms with E-state index < -0.39 is 0 Å². The van der Waals surface area contributed by atoms with E-state index in [0.29, 0.717) is 0 Å². The Hall–Kier alpha value is -1.83. The number of aromatic nitrogens is 4. The lowest BCUT2D eigenvalue weighted by Gasteiger charge is -2.25. The van der Waals surface area contributed by atoms with Crippen molar-refractivity contribution in [1.82, 2.24) is 24.7 Å². The maximum absolute atomic E-state index is 5.37. The van der Waals surface area contributed by atoms with Gasteiger partial charge in [0, 0.05) is 18.7 Å². The Morgan fingerprint density at radius 3 is 2.71 bits per heavy atom. The number of benzene rings is 1. The maximum atomic E-state index is 5.37. The molecular formula is C14H15N5OS. The normalized spacial score (nSPS) is 16.6. The highest BCUT2D eigenvalue weighted by molar-refractivity contribution is 7.19. The van der Waals surface area contributed by atoms with Crippen molar-refractivity contribution < 1.29 is 4.74 Å². The second-order valence-electron chi connectivity index (χ2n) is 4.97. The Bertz CT molecular complexity index is 732. The van der Waals surface area contributed by atoms with Crippen molar-refractivity contribution in [2.75, 3.05) is 26.3 Å². The monoisotopic (exact) mass is 301 g/mol. The molecule has 1 aliphatic rings. The molecule has 0 N–H and O–H groups in total. The van der Waals surface area contributed by atoms with Gasteiger partial charge in [-0.2, -0.15) is 9.61 Å². The number of fused-ring (bicyclic) bond motifs is 1. The number of ether oxygens (including phenoxy) is 1. The van der Waals surface area contributed by atoms with Crippen molar-refractivity contribution in [3.8, 4) is 10.6 Å². The van der Waals surface area contributed by atoms with Crippen molar-refractivity contribution in [3.63, 3.8) is 0 Å². The molecule has 0 atom stereocenters. The van der Waals surface area contributed by atoms with Crippen LogP contribution < -0.4 is 0 Å². The first-order valence-electron chi connectivity index (χ1n) is 6.97. The number of nitrogens with zero attached hydrogens (tertiary/aromatic N) is 5. The first kappa shape index (κ1) is 12.9. The van der Waals surface area contributed by atoms with Crippen LogP contribution in [0.3, 0.4) is 0 Å². The van der Waals surface area contributed by atoms with E-state index in [4.69, 9.17) is 4.74 Å². The van der Waals surface area contributed by atoms with Crippen LogP contribution in [0.4, 0.5) is 0 Å². The largest absolute Gasteiger partial charge is 0.379 e. The SMILES string of the molecule is c1ccc(-c2nn3c(CN4CCOCC4)nnc3s2)cc1. The Kier molecular flexibility index (Phi) is 3.38. The van der Waals surface area contributed by atoms with Gasteiger partial charge in [0.2, 0.25) is 4.96 Å². The van der Waals surface area contributed by atoms with Crippen LogP contribution in [0.15, 0.2) is 30.3 Å². The number of morpholine rings is 1. The molecule has 0 saturated carbocycles. The Labute approximate surface area is 126 Å². The summed E-state index contributed by atoms with van der Waals surface area (Å²) in [5.74, 6) is 0.894. The Balaban J connectivity index is 1.63. The summed E-state index contributed by atoms with van der Waals surface area (Å²) >= 11 is 1.57. The molecule has 108 valence electrons. The first-order valence-corrected chi connectivity index (χ1v) is 7.78. The van der Waals surface area contributed by atoms with E-state index >= 15 is 0 Å². The fraction of sp³-hybridized carbons (Fsp3) is 0.357. The number of rotatable bonds is 3. The highest BCUT2D eigenvalue weighted by Crippen LogP contribution is 2.25. The minimum absolute atomic E-state index is 0.766. The van der Waals surface area contributed by atoms with Crippen LogP contribution in [-0.4, -0.2) is 51.0 Å². The van der Waals surface area contributed by atoms with Crippen molar-refractivity contribution in [2.45, 2.75) is 6.54 Å². The average Bonchev–Trinajstić information content (AvgIpc) is 3.11. The summed E-state index contributed by atoms with van der Waals surface area (Å²) in [6.45, 7) is 4.21. The Morgan fingerprint density at radius 2 is 1.90 bits per heavy atom. The van der Waals surface area contributed by atoms with Crippen LogP contribution in [0.25, 0.3) is 15.5 Å². The van der Waals surface area contributed by atoms with Gasteiger partial charge in [0.1, 0.15) is 5.01 Å². The smallest absolute Gasteiger partial charge is 0.235 e. The van der Waals surface area contributed by atoms with Crippen molar-refractivity contribution >= 4 is 16.3 Å². The van der Waals surface area contributed by atoms with Crippen LogP contribution in [0, 0.1) is 0 Å². The fourth-order valence-electron chi connectivity index (χ4n) is 2.41. The molecule has 2 aromatic heterocycles. The second kappa shape index (κ2) is 5.51. The molecule has 0 spiro atoms. The van der Waals surface area contributed by atoms with Crippen molar-refractivity contribution in [3.05, 3.63) is 36.2 Å². The zero-order valence-corrected chi connectivity index (χ0v) is 12.3. The van der Waals surface area contributed by atoms with E-state index in [0.717, 1.165) is 54.2 Å². The minimum Gasteiger partial charge on any atom is -0.379 e. The van der Waals surface area contributed by atoms with Crippen molar-refractivity contribution in [1.29, 1.82) is 0 Å². The molecule has 1 fully saturated rings. The predicted octanol–water partition coefficient (Wildman–Crippen LogP) is 1.68. The summed E-state index contributed by atoms with van der Waals surface area (Å²) in [6, 6.07) is 10.2. The molecular weight excluding hydrogens is 286 g/mol. The summed E-state index contributed by atoms with van der Waals surface area (Å²) < 4.78 is 7.23. The third kappa shape index (κ3) is 2.55. The molecule has 1 aliphatic heterocycles. The van der Waals surface area contributed by atoms with Crippen LogP contribution in [0.1, 0.15) is 5.82 Å². The van der Waals surface area contributed by atoms with Gasteiger partial charge in [-0.3, -0.25) is 4.90 Å². The van der Waals surface area contributed by atoms with Crippen LogP contribution in [0.5, 0.6) is 0 Å². The molecule has 0 aliphatic carbocycles.